The number of benzene rings is 2. The van der Waals surface area contributed by atoms with Crippen molar-refractivity contribution >= 4 is 28.3 Å². The number of fused-ring (bicyclic) bond motifs is 2. The van der Waals surface area contributed by atoms with E-state index < -0.39 is 4.92 Å². The number of hydrogen-bond donors (Lipinski definition) is 0. The average molecular weight is 330 g/mol. The molecule has 1 aliphatic carbocycles. The van der Waals surface area contributed by atoms with Crippen LogP contribution in [0, 0.1) is 10.1 Å². The van der Waals surface area contributed by atoms with Crippen LogP contribution in [0.2, 0.25) is 0 Å². The molecule has 0 amide bonds. The van der Waals surface area contributed by atoms with Crippen LogP contribution in [0.25, 0.3) is 16.8 Å². The lowest BCUT2D eigenvalue weighted by molar-refractivity contribution is -0.384. The Labute approximate surface area is 143 Å². The molecule has 2 aromatic carbocycles. The van der Waals surface area contributed by atoms with Crippen molar-refractivity contribution in [2.24, 2.45) is 0 Å². The van der Waals surface area contributed by atoms with Crippen molar-refractivity contribution in [3.63, 3.8) is 0 Å². The van der Waals surface area contributed by atoms with Crippen molar-refractivity contribution in [1.82, 2.24) is 4.98 Å². The Bertz CT molecular complexity index is 1050. The average Bonchev–Trinajstić information content (AvgIpc) is 2.64. The summed E-state index contributed by atoms with van der Waals surface area (Å²) in [5.41, 5.74) is 2.89. The van der Waals surface area contributed by atoms with E-state index in [2.05, 4.69) is 4.98 Å². The lowest BCUT2D eigenvalue weighted by atomic mass is 9.85. The number of carbonyl (C=O) groups excluding carboxylic acids is 1. The fourth-order valence-corrected chi connectivity index (χ4v) is 3.26. The van der Waals surface area contributed by atoms with Gasteiger partial charge >= 0.3 is 0 Å². The summed E-state index contributed by atoms with van der Waals surface area (Å²) < 4.78 is 0. The van der Waals surface area contributed by atoms with Crippen molar-refractivity contribution in [2.75, 3.05) is 0 Å². The van der Waals surface area contributed by atoms with Crippen molar-refractivity contribution in [3.05, 3.63) is 87.2 Å². The zero-order chi connectivity index (χ0) is 17.4. The zero-order valence-corrected chi connectivity index (χ0v) is 13.3. The number of carbonyl (C=O) groups is 1. The maximum atomic E-state index is 12.8. The topological polar surface area (TPSA) is 73.1 Å². The van der Waals surface area contributed by atoms with Gasteiger partial charge in [-0.2, -0.15) is 0 Å². The molecule has 0 spiro atoms. The third-order valence-corrected chi connectivity index (χ3v) is 4.55. The normalized spacial score (nSPS) is 15.4. The van der Waals surface area contributed by atoms with E-state index in [4.69, 9.17) is 0 Å². The Balaban J connectivity index is 1.79. The lowest BCUT2D eigenvalue weighted by Gasteiger charge is -2.17. The van der Waals surface area contributed by atoms with Crippen LogP contribution in [0.4, 0.5) is 5.69 Å². The number of aromatic nitrogens is 1. The van der Waals surface area contributed by atoms with Crippen LogP contribution >= 0.6 is 0 Å². The third-order valence-electron chi connectivity index (χ3n) is 4.55. The molecule has 0 fully saturated rings. The van der Waals surface area contributed by atoms with Crippen LogP contribution in [-0.4, -0.2) is 15.7 Å². The van der Waals surface area contributed by atoms with Gasteiger partial charge in [0.25, 0.3) is 5.69 Å². The van der Waals surface area contributed by atoms with Gasteiger partial charge in [0.1, 0.15) is 0 Å². The number of pyridine rings is 1. The smallest absolute Gasteiger partial charge is 0.270 e. The number of nitrogens with zero attached hydrogens (tertiary/aromatic N) is 2. The van der Waals surface area contributed by atoms with Gasteiger partial charge in [0, 0.05) is 41.0 Å². The minimum Gasteiger partial charge on any atom is -0.289 e. The summed E-state index contributed by atoms with van der Waals surface area (Å²) in [6.07, 6.45) is 6.75. The SMILES string of the molecule is O=C1/C(=C/c2cccc3cnccc23)CCc2ccc([N+](=O)[O-])cc21. The van der Waals surface area contributed by atoms with Gasteiger partial charge in [-0.3, -0.25) is 19.9 Å². The molecular formula is C20H14N2O3. The van der Waals surface area contributed by atoms with E-state index in [1.54, 1.807) is 18.5 Å². The number of non-ortho nitro benzene ring substituents is 1. The number of nitro benzene ring substituents is 1. The van der Waals surface area contributed by atoms with E-state index in [9.17, 15) is 14.9 Å². The van der Waals surface area contributed by atoms with Crippen LogP contribution in [0.1, 0.15) is 27.9 Å². The van der Waals surface area contributed by atoms with Crippen LogP contribution in [0.15, 0.2) is 60.4 Å². The number of Topliss-reactive ketones (excluding diaryl/α,β-unsaturated/α-hetero) is 1. The minimum atomic E-state index is -0.469. The molecule has 0 aliphatic heterocycles. The summed E-state index contributed by atoms with van der Waals surface area (Å²) in [5.74, 6) is -0.129. The molecule has 25 heavy (non-hydrogen) atoms. The fourth-order valence-electron chi connectivity index (χ4n) is 3.26. The molecule has 1 aromatic heterocycles. The van der Waals surface area contributed by atoms with Crippen molar-refractivity contribution in [2.45, 2.75) is 12.8 Å². The molecule has 1 aliphatic rings. The predicted molar refractivity (Wildman–Crippen MR) is 95.5 cm³/mol. The molecule has 122 valence electrons. The van der Waals surface area contributed by atoms with Gasteiger partial charge in [0.2, 0.25) is 0 Å². The first kappa shape index (κ1) is 15.2. The quantitative estimate of drug-likeness (QED) is 0.398. The Morgan fingerprint density at radius 1 is 1.12 bits per heavy atom. The highest BCUT2D eigenvalue weighted by atomic mass is 16.6. The number of rotatable bonds is 2. The second kappa shape index (κ2) is 5.94. The highest BCUT2D eigenvalue weighted by molar-refractivity contribution is 6.14. The monoisotopic (exact) mass is 330 g/mol. The van der Waals surface area contributed by atoms with E-state index >= 15 is 0 Å². The van der Waals surface area contributed by atoms with Crippen LogP contribution in [-0.2, 0) is 6.42 Å². The molecule has 0 radical (unpaired) electrons. The van der Waals surface area contributed by atoms with Crippen molar-refractivity contribution < 1.29 is 9.72 Å². The summed E-state index contributed by atoms with van der Waals surface area (Å²) in [5, 5.41) is 13.0. The second-order valence-corrected chi connectivity index (χ2v) is 6.04. The lowest BCUT2D eigenvalue weighted by Crippen LogP contribution is -2.14. The first-order chi connectivity index (χ1) is 12.1. The standard InChI is InChI=1S/C20H14N2O3/c23-20-15(5-4-13-6-7-17(22(24)25)11-19(13)20)10-14-2-1-3-16-12-21-9-8-18(14)16/h1-3,6-12H,4-5H2/b15-10+. The van der Waals surface area contributed by atoms with Gasteiger partial charge in [0.05, 0.1) is 4.92 Å². The number of hydrogen-bond acceptors (Lipinski definition) is 4. The van der Waals surface area contributed by atoms with Gasteiger partial charge in [-0.25, -0.2) is 0 Å². The number of aryl methyl sites for hydroxylation is 1. The Morgan fingerprint density at radius 3 is 2.84 bits per heavy atom. The molecule has 0 bridgehead atoms. The number of nitro groups is 1. The van der Waals surface area contributed by atoms with Gasteiger partial charge < -0.3 is 0 Å². The Morgan fingerprint density at radius 2 is 2.00 bits per heavy atom. The molecule has 0 unspecified atom stereocenters. The van der Waals surface area contributed by atoms with Gasteiger partial charge in [-0.05, 0) is 41.5 Å². The molecule has 5 heteroatoms. The van der Waals surface area contributed by atoms with E-state index in [-0.39, 0.29) is 11.5 Å². The maximum Gasteiger partial charge on any atom is 0.270 e. The van der Waals surface area contributed by atoms with E-state index in [0.29, 0.717) is 24.0 Å². The highest BCUT2D eigenvalue weighted by Gasteiger charge is 2.24. The van der Waals surface area contributed by atoms with Gasteiger partial charge in [-0.15, -0.1) is 0 Å². The highest BCUT2D eigenvalue weighted by Crippen LogP contribution is 2.30. The van der Waals surface area contributed by atoms with Crippen molar-refractivity contribution in [3.8, 4) is 0 Å². The maximum absolute atomic E-state index is 12.8. The Kier molecular flexibility index (Phi) is 3.61. The predicted octanol–water partition coefficient (Wildman–Crippen LogP) is 4.36. The molecule has 0 saturated heterocycles. The van der Waals surface area contributed by atoms with Crippen LogP contribution in [0.3, 0.4) is 0 Å². The molecule has 0 atom stereocenters. The first-order valence-corrected chi connectivity index (χ1v) is 7.99. The summed E-state index contributed by atoms with van der Waals surface area (Å²) in [6.45, 7) is 0. The van der Waals surface area contributed by atoms with Gasteiger partial charge in [-0.1, -0.05) is 24.3 Å². The van der Waals surface area contributed by atoms with Crippen LogP contribution < -0.4 is 0 Å². The Hall–Kier alpha value is -3.34. The molecular weight excluding hydrogens is 316 g/mol. The number of allylic oxidation sites excluding steroid dienone is 1. The molecule has 3 aromatic rings. The van der Waals surface area contributed by atoms with E-state index in [0.717, 1.165) is 21.9 Å². The number of ketones is 1. The third kappa shape index (κ3) is 2.70. The molecule has 4 rings (SSSR count). The fraction of sp³-hybridized carbons (Fsp3) is 0.100. The van der Waals surface area contributed by atoms with Gasteiger partial charge in [0.15, 0.2) is 5.78 Å². The zero-order valence-electron chi connectivity index (χ0n) is 13.3. The van der Waals surface area contributed by atoms with Crippen LogP contribution in [0.5, 0.6) is 0 Å². The first-order valence-electron chi connectivity index (χ1n) is 7.99. The summed E-state index contributed by atoms with van der Waals surface area (Å²) in [7, 11) is 0. The summed E-state index contributed by atoms with van der Waals surface area (Å²) in [4.78, 5) is 27.5. The molecule has 1 heterocycles. The summed E-state index contributed by atoms with van der Waals surface area (Å²) in [6, 6.07) is 12.3. The molecule has 0 N–H and O–H groups in total. The molecule has 0 saturated carbocycles. The van der Waals surface area contributed by atoms with E-state index in [1.165, 1.54) is 12.1 Å². The second-order valence-electron chi connectivity index (χ2n) is 6.04. The largest absolute Gasteiger partial charge is 0.289 e. The van der Waals surface area contributed by atoms with Crippen molar-refractivity contribution in [1.29, 1.82) is 0 Å². The van der Waals surface area contributed by atoms with E-state index in [1.807, 2.05) is 30.3 Å². The minimum absolute atomic E-state index is 0.0513. The summed E-state index contributed by atoms with van der Waals surface area (Å²) >= 11 is 0. The molecule has 5 nitrogen and oxygen atoms in total.